The van der Waals surface area contributed by atoms with Crippen molar-refractivity contribution in [1.82, 2.24) is 4.90 Å². The Bertz CT molecular complexity index is 297. The van der Waals surface area contributed by atoms with E-state index in [9.17, 15) is 0 Å². The molecule has 0 spiro atoms. The molecule has 0 aliphatic rings. The molecule has 1 nitrogen and oxygen atoms in total. The molecule has 0 bridgehead atoms. The molecule has 0 aliphatic heterocycles. The van der Waals surface area contributed by atoms with Crippen molar-refractivity contribution >= 4 is 0 Å². The van der Waals surface area contributed by atoms with E-state index >= 15 is 0 Å². The van der Waals surface area contributed by atoms with Crippen LogP contribution in [0.25, 0.3) is 0 Å². The molecule has 1 rings (SSSR count). The lowest BCUT2D eigenvalue weighted by molar-refractivity contribution is 0.287. The summed E-state index contributed by atoms with van der Waals surface area (Å²) in [7, 11) is 2.06. The average Bonchev–Trinajstić information content (AvgIpc) is 2.19. The van der Waals surface area contributed by atoms with Gasteiger partial charge in [0, 0.05) is 6.04 Å². The van der Waals surface area contributed by atoms with Crippen molar-refractivity contribution in [3.05, 3.63) is 35.9 Å². The standard InChI is InChI=1S/C13H17N/c1-4-10-14(3)12(2)11-13-8-6-5-7-9-13/h1,5-9,12H,10-11H2,2-3H3/i3-1. The topological polar surface area (TPSA) is 3.24 Å². The molecule has 0 saturated carbocycles. The fourth-order valence-corrected chi connectivity index (χ4v) is 1.41. The second-order valence-corrected chi connectivity index (χ2v) is 3.66. The molecule has 1 aromatic carbocycles. The first kappa shape index (κ1) is 10.8. The summed E-state index contributed by atoms with van der Waals surface area (Å²) < 4.78 is 0. The third-order valence-corrected chi connectivity index (χ3v) is 2.47. The van der Waals surface area contributed by atoms with Crippen LogP contribution in [0, 0.1) is 12.3 Å². The summed E-state index contributed by atoms with van der Waals surface area (Å²) in [5, 5.41) is 0. The highest BCUT2D eigenvalue weighted by atomic mass is 15.1. The van der Waals surface area contributed by atoms with Gasteiger partial charge in [-0.15, -0.1) is 6.42 Å². The van der Waals surface area contributed by atoms with Crippen LogP contribution in [0.5, 0.6) is 0 Å². The average molecular weight is 186 g/mol. The van der Waals surface area contributed by atoms with E-state index in [1.807, 2.05) is 6.07 Å². The monoisotopic (exact) mass is 186 g/mol. The van der Waals surface area contributed by atoms with Crippen molar-refractivity contribution in [2.45, 2.75) is 19.4 Å². The Morgan fingerprint density at radius 3 is 2.57 bits per heavy atom. The van der Waals surface area contributed by atoms with Gasteiger partial charge in [-0.2, -0.15) is 0 Å². The lowest BCUT2D eigenvalue weighted by atomic mass is 10.0. The highest BCUT2D eigenvalue weighted by Crippen LogP contribution is 2.06. The Balaban J connectivity index is 2.49. The molecule has 0 N–H and O–H groups in total. The molecule has 0 aliphatic carbocycles. The Morgan fingerprint density at radius 1 is 1.36 bits per heavy atom. The molecule has 74 valence electrons. The minimum absolute atomic E-state index is 0.494. The van der Waals surface area contributed by atoms with Crippen LogP contribution in [-0.4, -0.2) is 24.5 Å². The molecule has 1 heteroatoms. The number of hydrogen-bond acceptors (Lipinski definition) is 1. The predicted molar refractivity (Wildman–Crippen MR) is 61.1 cm³/mol. The molecule has 0 heterocycles. The van der Waals surface area contributed by atoms with Crippen LogP contribution in [0.2, 0.25) is 0 Å². The molecule has 0 saturated heterocycles. The van der Waals surface area contributed by atoms with Gasteiger partial charge in [-0.3, -0.25) is 4.90 Å². The van der Waals surface area contributed by atoms with Crippen LogP contribution in [0.15, 0.2) is 30.3 Å². The van der Waals surface area contributed by atoms with Crippen molar-refractivity contribution in [2.75, 3.05) is 13.6 Å². The van der Waals surface area contributed by atoms with Crippen molar-refractivity contribution < 1.29 is 0 Å². The van der Waals surface area contributed by atoms with E-state index in [2.05, 4.69) is 49.1 Å². The molecule has 0 fully saturated rings. The molecule has 0 amide bonds. The second kappa shape index (κ2) is 5.47. The highest BCUT2D eigenvalue weighted by molar-refractivity contribution is 5.15. The van der Waals surface area contributed by atoms with Crippen molar-refractivity contribution in [3.8, 4) is 12.3 Å². The van der Waals surface area contributed by atoms with Gasteiger partial charge in [0.1, 0.15) is 0 Å². The van der Waals surface area contributed by atoms with Gasteiger partial charge >= 0.3 is 0 Å². The van der Waals surface area contributed by atoms with E-state index in [1.54, 1.807) is 0 Å². The summed E-state index contributed by atoms with van der Waals surface area (Å²) in [6, 6.07) is 11.0. The van der Waals surface area contributed by atoms with Crippen molar-refractivity contribution in [1.29, 1.82) is 0 Å². The number of likely N-dealkylation sites (N-methyl/N-ethyl adjacent to an activating group) is 1. The molecular weight excluding hydrogens is 169 g/mol. The van der Waals surface area contributed by atoms with E-state index < -0.39 is 0 Å². The van der Waals surface area contributed by atoms with Gasteiger partial charge in [0.15, 0.2) is 0 Å². The SMILES string of the molecule is C#CCN([11CH3])C(C)Cc1ccccc1. The molecular formula is C13H17N. The van der Waals surface area contributed by atoms with Crippen LogP contribution < -0.4 is 0 Å². The number of hydrogen-bond donors (Lipinski definition) is 0. The van der Waals surface area contributed by atoms with Crippen LogP contribution in [0.4, 0.5) is 0 Å². The Morgan fingerprint density at radius 2 is 2.00 bits per heavy atom. The van der Waals surface area contributed by atoms with Crippen LogP contribution >= 0.6 is 0 Å². The van der Waals surface area contributed by atoms with E-state index in [0.29, 0.717) is 12.6 Å². The normalized spacial score (nSPS) is 12.4. The first-order valence-corrected chi connectivity index (χ1v) is 4.91. The Kier molecular flexibility index (Phi) is 4.22. The summed E-state index contributed by atoms with van der Waals surface area (Å²) in [6.07, 6.45) is 6.32. The zero-order chi connectivity index (χ0) is 10.4. The van der Waals surface area contributed by atoms with Crippen LogP contribution in [0.1, 0.15) is 12.5 Å². The lowest BCUT2D eigenvalue weighted by Crippen LogP contribution is -2.31. The highest BCUT2D eigenvalue weighted by Gasteiger charge is 2.07. The first-order chi connectivity index (χ1) is 6.74. The van der Waals surface area contributed by atoms with Gasteiger partial charge in [0.05, 0.1) is 6.54 Å². The third-order valence-electron chi connectivity index (χ3n) is 2.47. The van der Waals surface area contributed by atoms with Gasteiger partial charge in [0.2, 0.25) is 0 Å². The zero-order valence-corrected chi connectivity index (χ0v) is 8.90. The van der Waals surface area contributed by atoms with Crippen molar-refractivity contribution in [2.24, 2.45) is 0 Å². The van der Waals surface area contributed by atoms with E-state index in [-0.39, 0.29) is 0 Å². The van der Waals surface area contributed by atoms with Gasteiger partial charge in [0.25, 0.3) is 0 Å². The summed E-state index contributed by atoms with van der Waals surface area (Å²) in [5.74, 6) is 2.66. The smallest absolute Gasteiger partial charge is 0.0598 e. The van der Waals surface area contributed by atoms with Crippen LogP contribution in [0.3, 0.4) is 0 Å². The van der Waals surface area contributed by atoms with Crippen molar-refractivity contribution in [3.63, 3.8) is 0 Å². The Labute approximate surface area is 86.7 Å². The second-order valence-electron chi connectivity index (χ2n) is 3.66. The van der Waals surface area contributed by atoms with Gasteiger partial charge in [-0.05, 0) is 26.0 Å². The van der Waals surface area contributed by atoms with Crippen LogP contribution in [-0.2, 0) is 6.42 Å². The summed E-state index contributed by atoms with van der Waals surface area (Å²) in [4.78, 5) is 2.19. The quantitative estimate of drug-likeness (QED) is 0.651. The number of rotatable bonds is 4. The molecule has 0 aromatic heterocycles. The molecule has 14 heavy (non-hydrogen) atoms. The molecule has 1 atom stereocenters. The minimum Gasteiger partial charge on any atom is -0.292 e. The number of nitrogens with zero attached hydrogens (tertiary/aromatic N) is 1. The maximum Gasteiger partial charge on any atom is 0.0598 e. The van der Waals surface area contributed by atoms with E-state index in [4.69, 9.17) is 6.42 Å². The zero-order valence-electron chi connectivity index (χ0n) is 8.90. The fourth-order valence-electron chi connectivity index (χ4n) is 1.41. The molecule has 0 radical (unpaired) electrons. The number of benzene rings is 1. The third kappa shape index (κ3) is 3.24. The minimum atomic E-state index is 0.494. The lowest BCUT2D eigenvalue weighted by Gasteiger charge is -2.22. The first-order valence-electron chi connectivity index (χ1n) is 4.91. The maximum absolute atomic E-state index is 5.27. The van der Waals surface area contributed by atoms with E-state index in [0.717, 1.165) is 6.42 Å². The van der Waals surface area contributed by atoms with Gasteiger partial charge in [-0.1, -0.05) is 36.3 Å². The maximum atomic E-state index is 5.27. The van der Waals surface area contributed by atoms with Gasteiger partial charge < -0.3 is 0 Å². The molecule has 1 unspecified atom stereocenters. The van der Waals surface area contributed by atoms with Gasteiger partial charge in [-0.25, -0.2) is 0 Å². The molecule has 1 aromatic rings. The summed E-state index contributed by atoms with van der Waals surface area (Å²) >= 11 is 0. The summed E-state index contributed by atoms with van der Waals surface area (Å²) in [6.45, 7) is 2.92. The number of terminal acetylenes is 1. The summed E-state index contributed by atoms with van der Waals surface area (Å²) in [5.41, 5.74) is 1.36. The predicted octanol–water partition coefficient (Wildman–Crippen LogP) is 2.18. The fraction of sp³-hybridized carbons (Fsp3) is 0.385. The largest absolute Gasteiger partial charge is 0.292 e. The van der Waals surface area contributed by atoms with E-state index in [1.165, 1.54) is 5.56 Å². The Hall–Kier alpha value is -1.26.